The maximum absolute atomic E-state index is 14.7. The Hall–Kier alpha value is -3.23. The van der Waals surface area contributed by atoms with E-state index in [-0.39, 0.29) is 5.56 Å². The molecule has 168 valence electrons. The summed E-state index contributed by atoms with van der Waals surface area (Å²) in [5.74, 6) is -0.417. The fourth-order valence-electron chi connectivity index (χ4n) is 4.17. The number of pyridine rings is 1. The monoisotopic (exact) mass is 463 g/mol. The predicted molar refractivity (Wildman–Crippen MR) is 130 cm³/mol. The van der Waals surface area contributed by atoms with Crippen molar-refractivity contribution in [2.45, 2.75) is 24.6 Å². The molecule has 1 aliphatic heterocycles. The van der Waals surface area contributed by atoms with Gasteiger partial charge < -0.3 is 10.7 Å². The SMILES string of the molecule is Cc1cc2ccc(N3N=C(c4cc(F)ccc4F)SC3(CCCN)c3ccccc3)nc2[nH]1. The van der Waals surface area contributed by atoms with Gasteiger partial charge in [-0.1, -0.05) is 42.1 Å². The highest BCUT2D eigenvalue weighted by atomic mass is 32.2. The molecule has 2 aromatic heterocycles. The number of aromatic nitrogens is 2. The summed E-state index contributed by atoms with van der Waals surface area (Å²) in [4.78, 5) is 7.38. The summed E-state index contributed by atoms with van der Waals surface area (Å²) in [5, 5.41) is 8.04. The Morgan fingerprint density at radius 2 is 1.88 bits per heavy atom. The van der Waals surface area contributed by atoms with Crippen LogP contribution in [-0.2, 0) is 4.87 Å². The molecule has 0 saturated heterocycles. The van der Waals surface area contributed by atoms with Gasteiger partial charge in [0.25, 0.3) is 0 Å². The van der Waals surface area contributed by atoms with Crippen molar-refractivity contribution in [1.82, 2.24) is 9.97 Å². The number of nitrogens with two attached hydrogens (primary N) is 1. The number of H-pyrrole nitrogens is 1. The molecule has 0 bridgehead atoms. The Kier molecular flexibility index (Phi) is 5.64. The predicted octanol–water partition coefficient (Wildman–Crippen LogP) is 5.66. The zero-order valence-corrected chi connectivity index (χ0v) is 18.9. The maximum atomic E-state index is 14.7. The molecule has 0 saturated carbocycles. The van der Waals surface area contributed by atoms with Crippen molar-refractivity contribution in [2.75, 3.05) is 11.6 Å². The molecule has 0 fully saturated rings. The van der Waals surface area contributed by atoms with E-state index in [1.807, 2.05) is 60.5 Å². The van der Waals surface area contributed by atoms with E-state index in [2.05, 4.69) is 4.98 Å². The Morgan fingerprint density at radius 1 is 1.06 bits per heavy atom. The molecule has 1 aliphatic rings. The van der Waals surface area contributed by atoms with Gasteiger partial charge in [0.1, 0.15) is 27.2 Å². The molecule has 8 heteroatoms. The maximum Gasteiger partial charge on any atom is 0.153 e. The minimum absolute atomic E-state index is 0.132. The highest BCUT2D eigenvalue weighted by molar-refractivity contribution is 8.15. The van der Waals surface area contributed by atoms with E-state index in [4.69, 9.17) is 15.8 Å². The van der Waals surface area contributed by atoms with Crippen LogP contribution in [0.15, 0.2) is 71.8 Å². The Balaban J connectivity index is 1.71. The summed E-state index contributed by atoms with van der Waals surface area (Å²) in [7, 11) is 0. The molecule has 0 aliphatic carbocycles. The van der Waals surface area contributed by atoms with E-state index < -0.39 is 16.5 Å². The quantitative estimate of drug-likeness (QED) is 0.387. The fourth-order valence-corrected chi connectivity index (χ4v) is 5.60. The van der Waals surface area contributed by atoms with Gasteiger partial charge in [0, 0.05) is 16.6 Å². The van der Waals surface area contributed by atoms with Crippen molar-refractivity contribution in [2.24, 2.45) is 10.8 Å². The van der Waals surface area contributed by atoms with E-state index in [1.54, 1.807) is 0 Å². The van der Waals surface area contributed by atoms with Gasteiger partial charge in [0.05, 0.1) is 0 Å². The summed E-state index contributed by atoms with van der Waals surface area (Å²) >= 11 is 1.40. The number of aryl methyl sites for hydroxylation is 1. The molecule has 0 amide bonds. The van der Waals surface area contributed by atoms with Crippen LogP contribution in [0, 0.1) is 18.6 Å². The zero-order valence-electron chi connectivity index (χ0n) is 18.1. The van der Waals surface area contributed by atoms with Gasteiger partial charge in [-0.3, -0.25) is 0 Å². The number of hydrogen-bond acceptors (Lipinski definition) is 5. The minimum Gasteiger partial charge on any atom is -0.343 e. The number of benzene rings is 2. The van der Waals surface area contributed by atoms with Crippen molar-refractivity contribution >= 4 is 33.7 Å². The number of thioether (sulfide) groups is 1. The number of hydrogen-bond donors (Lipinski definition) is 2. The van der Waals surface area contributed by atoms with Crippen LogP contribution in [0.5, 0.6) is 0 Å². The van der Waals surface area contributed by atoms with Crippen LogP contribution in [0.1, 0.15) is 29.7 Å². The number of halogens is 2. The highest BCUT2D eigenvalue weighted by Gasteiger charge is 2.47. The van der Waals surface area contributed by atoms with Crippen molar-refractivity contribution in [3.8, 4) is 0 Å². The summed E-state index contributed by atoms with van der Waals surface area (Å²) < 4.78 is 28.8. The molecule has 3 N–H and O–H groups in total. The summed E-state index contributed by atoms with van der Waals surface area (Å²) in [6.07, 6.45) is 1.36. The van der Waals surface area contributed by atoms with Crippen LogP contribution >= 0.6 is 11.8 Å². The normalized spacial score (nSPS) is 18.2. The van der Waals surface area contributed by atoms with Gasteiger partial charge in [-0.2, -0.15) is 5.10 Å². The number of nitrogens with zero attached hydrogens (tertiary/aromatic N) is 3. The zero-order chi connectivity index (χ0) is 23.0. The van der Waals surface area contributed by atoms with Crippen LogP contribution in [-0.4, -0.2) is 21.6 Å². The molecule has 33 heavy (non-hydrogen) atoms. The third kappa shape index (κ3) is 3.89. The minimum atomic E-state index is -0.711. The van der Waals surface area contributed by atoms with Gasteiger partial charge in [0.2, 0.25) is 0 Å². The molecule has 2 aromatic carbocycles. The van der Waals surface area contributed by atoms with Crippen LogP contribution in [0.4, 0.5) is 14.6 Å². The van der Waals surface area contributed by atoms with Gasteiger partial charge in [-0.25, -0.2) is 18.8 Å². The van der Waals surface area contributed by atoms with E-state index >= 15 is 0 Å². The van der Waals surface area contributed by atoms with E-state index in [0.717, 1.165) is 40.8 Å². The summed E-state index contributed by atoms with van der Waals surface area (Å²) in [5.41, 5.74) is 8.78. The van der Waals surface area contributed by atoms with Gasteiger partial charge in [-0.05, 0) is 68.3 Å². The second-order valence-corrected chi connectivity index (χ2v) is 9.31. The van der Waals surface area contributed by atoms with Crippen molar-refractivity contribution in [1.29, 1.82) is 0 Å². The first-order chi connectivity index (χ1) is 16.0. The number of aromatic amines is 1. The lowest BCUT2D eigenvalue weighted by Gasteiger charge is -2.36. The van der Waals surface area contributed by atoms with Crippen LogP contribution in [0.25, 0.3) is 11.0 Å². The molecule has 5 nitrogen and oxygen atoms in total. The third-order valence-electron chi connectivity index (χ3n) is 5.72. The molecule has 1 unspecified atom stereocenters. The fraction of sp³-hybridized carbons (Fsp3) is 0.200. The highest BCUT2D eigenvalue weighted by Crippen LogP contribution is 2.52. The first-order valence-corrected chi connectivity index (χ1v) is 11.6. The second kappa shape index (κ2) is 8.61. The number of fused-ring (bicyclic) bond motifs is 1. The van der Waals surface area contributed by atoms with E-state index in [1.165, 1.54) is 17.8 Å². The van der Waals surface area contributed by atoms with E-state index in [0.29, 0.717) is 23.8 Å². The first-order valence-electron chi connectivity index (χ1n) is 10.8. The third-order valence-corrected chi connectivity index (χ3v) is 7.16. The second-order valence-electron chi connectivity index (χ2n) is 8.05. The van der Waals surface area contributed by atoms with Gasteiger partial charge in [0.15, 0.2) is 5.82 Å². The summed E-state index contributed by atoms with van der Waals surface area (Å²) in [6.45, 7) is 2.47. The van der Waals surface area contributed by atoms with Crippen LogP contribution < -0.4 is 10.7 Å². The summed E-state index contributed by atoms with van der Waals surface area (Å²) in [6, 6.07) is 19.3. The molecule has 0 radical (unpaired) electrons. The number of nitrogens with one attached hydrogen (secondary N) is 1. The lowest BCUT2D eigenvalue weighted by atomic mass is 10.00. The van der Waals surface area contributed by atoms with Crippen molar-refractivity contribution in [3.05, 3.63) is 95.2 Å². The molecular weight excluding hydrogens is 440 g/mol. The van der Waals surface area contributed by atoms with Crippen molar-refractivity contribution in [3.63, 3.8) is 0 Å². The van der Waals surface area contributed by atoms with Crippen LogP contribution in [0.2, 0.25) is 0 Å². The van der Waals surface area contributed by atoms with Gasteiger partial charge >= 0.3 is 0 Å². The molecule has 1 atom stereocenters. The Labute approximate surface area is 194 Å². The molecule has 5 rings (SSSR count). The lowest BCUT2D eigenvalue weighted by molar-refractivity contribution is 0.523. The standard InChI is InChI=1S/C25H23F2N5S/c1-16-14-17-8-11-22(30-23(17)29-16)32-25(12-5-13-28,18-6-3-2-4-7-18)33-24(31-32)20-15-19(26)9-10-21(20)27/h2-4,6-11,14-15H,5,12-13,28H2,1H3,(H,29,30). The molecule has 3 heterocycles. The number of rotatable bonds is 6. The van der Waals surface area contributed by atoms with Gasteiger partial charge in [-0.15, -0.1) is 0 Å². The average Bonchev–Trinajstić information content (AvgIpc) is 3.40. The molecule has 0 spiro atoms. The first kappa shape index (κ1) is 21.6. The Bertz CT molecular complexity index is 1340. The largest absolute Gasteiger partial charge is 0.343 e. The lowest BCUT2D eigenvalue weighted by Crippen LogP contribution is -2.38. The van der Waals surface area contributed by atoms with Crippen molar-refractivity contribution < 1.29 is 8.78 Å². The average molecular weight is 464 g/mol. The smallest absolute Gasteiger partial charge is 0.153 e. The van der Waals surface area contributed by atoms with E-state index in [9.17, 15) is 8.78 Å². The Morgan fingerprint density at radius 3 is 2.67 bits per heavy atom. The molecular formula is C25H23F2N5S. The number of anilines is 1. The number of hydrazone groups is 1. The van der Waals surface area contributed by atoms with Crippen LogP contribution in [0.3, 0.4) is 0 Å². The topological polar surface area (TPSA) is 70.3 Å². The molecule has 4 aromatic rings.